The van der Waals surface area contributed by atoms with E-state index in [9.17, 15) is 9.59 Å². The maximum Gasteiger partial charge on any atom is 0.242 e. The topological polar surface area (TPSA) is 49.4 Å². The van der Waals surface area contributed by atoms with Crippen molar-refractivity contribution in [2.45, 2.75) is 39.1 Å². The summed E-state index contributed by atoms with van der Waals surface area (Å²) >= 11 is 14.2. The minimum atomic E-state index is -0.638. The molecule has 0 heterocycles. The number of thioether (sulfide) groups is 1. The van der Waals surface area contributed by atoms with E-state index in [-0.39, 0.29) is 24.1 Å². The molecule has 4 nitrogen and oxygen atoms in total. The van der Waals surface area contributed by atoms with E-state index in [1.54, 1.807) is 30.0 Å². The third-order valence-electron chi connectivity index (χ3n) is 4.58. The summed E-state index contributed by atoms with van der Waals surface area (Å²) in [4.78, 5) is 27.3. The van der Waals surface area contributed by atoms with Gasteiger partial charge in [0.1, 0.15) is 6.04 Å². The SMILES string of the molecule is CC(C)CNC(=O)C(C)N(Cc1c(Cl)cccc1Cl)C(=O)CSCc1ccccc1. The van der Waals surface area contributed by atoms with Gasteiger partial charge in [0.25, 0.3) is 0 Å². The van der Waals surface area contributed by atoms with Gasteiger partial charge in [-0.05, 0) is 30.5 Å². The lowest BCUT2D eigenvalue weighted by Gasteiger charge is -2.29. The monoisotopic (exact) mass is 466 g/mol. The predicted molar refractivity (Wildman–Crippen MR) is 127 cm³/mol. The second-order valence-electron chi connectivity index (χ2n) is 7.52. The predicted octanol–water partition coefficient (Wildman–Crippen LogP) is 5.42. The van der Waals surface area contributed by atoms with E-state index in [1.807, 2.05) is 44.2 Å². The highest BCUT2D eigenvalue weighted by atomic mass is 35.5. The lowest BCUT2D eigenvalue weighted by atomic mass is 10.1. The average molecular weight is 467 g/mol. The molecular weight excluding hydrogens is 439 g/mol. The van der Waals surface area contributed by atoms with Crippen LogP contribution in [0.3, 0.4) is 0 Å². The summed E-state index contributed by atoms with van der Waals surface area (Å²) in [5.41, 5.74) is 1.80. The third kappa shape index (κ3) is 7.53. The molecule has 1 N–H and O–H groups in total. The fourth-order valence-electron chi connectivity index (χ4n) is 2.80. The summed E-state index contributed by atoms with van der Waals surface area (Å²) in [6.45, 7) is 6.52. The van der Waals surface area contributed by atoms with Gasteiger partial charge in [0.15, 0.2) is 0 Å². The number of amides is 2. The highest BCUT2D eigenvalue weighted by molar-refractivity contribution is 7.99. The van der Waals surface area contributed by atoms with Crippen molar-refractivity contribution in [1.29, 1.82) is 0 Å². The summed E-state index contributed by atoms with van der Waals surface area (Å²) in [6.07, 6.45) is 0. The summed E-state index contributed by atoms with van der Waals surface area (Å²) in [7, 11) is 0. The number of hydrogen-bond donors (Lipinski definition) is 1. The normalized spacial score (nSPS) is 11.9. The van der Waals surface area contributed by atoms with Gasteiger partial charge in [0, 0.05) is 34.5 Å². The number of rotatable bonds is 10. The smallest absolute Gasteiger partial charge is 0.242 e. The molecule has 2 amide bonds. The third-order valence-corrected chi connectivity index (χ3v) is 6.28. The largest absolute Gasteiger partial charge is 0.354 e. The van der Waals surface area contributed by atoms with Crippen LogP contribution in [0, 0.1) is 5.92 Å². The zero-order valence-corrected chi connectivity index (χ0v) is 19.9. The summed E-state index contributed by atoms with van der Waals surface area (Å²) in [6, 6.07) is 14.6. The van der Waals surface area contributed by atoms with Gasteiger partial charge in [0.05, 0.1) is 5.75 Å². The summed E-state index contributed by atoms with van der Waals surface area (Å²) in [5.74, 6) is 0.997. The molecule has 1 unspecified atom stereocenters. The minimum absolute atomic E-state index is 0.126. The van der Waals surface area contributed by atoms with Gasteiger partial charge in [-0.25, -0.2) is 0 Å². The quantitative estimate of drug-likeness (QED) is 0.508. The molecule has 0 bridgehead atoms. The zero-order chi connectivity index (χ0) is 22.1. The van der Waals surface area contributed by atoms with E-state index >= 15 is 0 Å². The fraction of sp³-hybridized carbons (Fsp3) is 0.391. The Morgan fingerprint density at radius 3 is 2.23 bits per heavy atom. The van der Waals surface area contributed by atoms with Crippen LogP contribution >= 0.6 is 35.0 Å². The molecule has 2 aromatic carbocycles. The Kier molecular flexibility index (Phi) is 10.0. The zero-order valence-electron chi connectivity index (χ0n) is 17.5. The minimum Gasteiger partial charge on any atom is -0.354 e. The van der Waals surface area contributed by atoms with Gasteiger partial charge in [0.2, 0.25) is 11.8 Å². The Morgan fingerprint density at radius 2 is 1.63 bits per heavy atom. The molecule has 2 aromatic rings. The summed E-state index contributed by atoms with van der Waals surface area (Å²) in [5, 5.41) is 3.87. The molecule has 0 aliphatic carbocycles. The first-order valence-electron chi connectivity index (χ1n) is 9.91. The Labute approximate surface area is 193 Å². The molecule has 0 aliphatic heterocycles. The Balaban J connectivity index is 2.12. The van der Waals surface area contributed by atoms with Crippen molar-refractivity contribution < 1.29 is 9.59 Å². The molecule has 0 saturated heterocycles. The second kappa shape index (κ2) is 12.2. The van der Waals surface area contributed by atoms with Crippen molar-refractivity contribution in [2.24, 2.45) is 5.92 Å². The van der Waals surface area contributed by atoms with Crippen molar-refractivity contribution in [1.82, 2.24) is 10.2 Å². The van der Waals surface area contributed by atoms with Crippen LogP contribution in [0.15, 0.2) is 48.5 Å². The molecule has 2 rings (SSSR count). The van der Waals surface area contributed by atoms with Crippen molar-refractivity contribution in [3.63, 3.8) is 0 Å². The van der Waals surface area contributed by atoms with Crippen LogP contribution in [-0.2, 0) is 21.9 Å². The van der Waals surface area contributed by atoms with Crippen LogP contribution < -0.4 is 5.32 Å². The number of halogens is 2. The highest BCUT2D eigenvalue weighted by Gasteiger charge is 2.27. The van der Waals surface area contributed by atoms with Crippen molar-refractivity contribution >= 4 is 46.8 Å². The first-order valence-corrected chi connectivity index (χ1v) is 11.8. The van der Waals surface area contributed by atoms with E-state index in [4.69, 9.17) is 23.2 Å². The molecular formula is C23H28Cl2N2O2S. The molecule has 0 radical (unpaired) electrons. The number of nitrogens with zero attached hydrogens (tertiary/aromatic N) is 1. The van der Waals surface area contributed by atoms with Crippen molar-refractivity contribution in [2.75, 3.05) is 12.3 Å². The lowest BCUT2D eigenvalue weighted by molar-refractivity contribution is -0.138. The van der Waals surface area contributed by atoms with Gasteiger partial charge < -0.3 is 10.2 Å². The molecule has 0 aromatic heterocycles. The van der Waals surface area contributed by atoms with E-state index < -0.39 is 6.04 Å². The number of carbonyl (C=O) groups excluding carboxylic acids is 2. The van der Waals surface area contributed by atoms with Crippen LogP contribution in [0.4, 0.5) is 0 Å². The Bertz CT molecular complexity index is 826. The van der Waals surface area contributed by atoms with Gasteiger partial charge in [-0.2, -0.15) is 0 Å². The van der Waals surface area contributed by atoms with E-state index in [0.29, 0.717) is 28.1 Å². The number of benzene rings is 2. The van der Waals surface area contributed by atoms with E-state index in [1.165, 1.54) is 11.8 Å². The average Bonchev–Trinajstić information content (AvgIpc) is 2.72. The molecule has 0 spiro atoms. The van der Waals surface area contributed by atoms with Crippen molar-refractivity contribution in [3.8, 4) is 0 Å². The molecule has 7 heteroatoms. The molecule has 0 saturated carbocycles. The molecule has 0 fully saturated rings. The van der Waals surface area contributed by atoms with Crippen LogP contribution in [-0.4, -0.2) is 35.1 Å². The number of nitrogens with one attached hydrogen (secondary N) is 1. The molecule has 30 heavy (non-hydrogen) atoms. The maximum atomic E-state index is 13.1. The van der Waals surface area contributed by atoms with Gasteiger partial charge in [-0.3, -0.25) is 9.59 Å². The molecule has 1 atom stereocenters. The fourth-order valence-corrected chi connectivity index (χ4v) is 4.19. The summed E-state index contributed by atoms with van der Waals surface area (Å²) < 4.78 is 0. The maximum absolute atomic E-state index is 13.1. The van der Waals surface area contributed by atoms with Gasteiger partial charge in [-0.15, -0.1) is 11.8 Å². The molecule has 162 valence electrons. The Hall–Kier alpha value is -1.69. The van der Waals surface area contributed by atoms with Gasteiger partial charge >= 0.3 is 0 Å². The van der Waals surface area contributed by atoms with Crippen LogP contribution in [0.5, 0.6) is 0 Å². The lowest BCUT2D eigenvalue weighted by Crippen LogP contribution is -2.48. The first-order chi connectivity index (χ1) is 14.3. The Morgan fingerprint density at radius 1 is 1.00 bits per heavy atom. The first kappa shape index (κ1) is 24.6. The van der Waals surface area contributed by atoms with Crippen LogP contribution in [0.25, 0.3) is 0 Å². The van der Waals surface area contributed by atoms with Gasteiger partial charge in [-0.1, -0.05) is 73.4 Å². The standard InChI is InChI=1S/C23H28Cl2N2O2S/c1-16(2)12-26-23(29)17(3)27(13-19-20(24)10-7-11-21(19)25)22(28)15-30-14-18-8-5-4-6-9-18/h4-11,16-17H,12-15H2,1-3H3,(H,26,29). The van der Waals surface area contributed by atoms with Crippen LogP contribution in [0.2, 0.25) is 10.0 Å². The van der Waals surface area contributed by atoms with E-state index in [0.717, 1.165) is 11.3 Å². The number of hydrogen-bond acceptors (Lipinski definition) is 3. The molecule has 0 aliphatic rings. The van der Waals surface area contributed by atoms with E-state index in [2.05, 4.69) is 5.32 Å². The number of carbonyl (C=O) groups is 2. The second-order valence-corrected chi connectivity index (χ2v) is 9.32. The van der Waals surface area contributed by atoms with Crippen LogP contribution in [0.1, 0.15) is 31.9 Å². The highest BCUT2D eigenvalue weighted by Crippen LogP contribution is 2.27. The van der Waals surface area contributed by atoms with Crippen molar-refractivity contribution in [3.05, 3.63) is 69.7 Å².